The van der Waals surface area contributed by atoms with Gasteiger partial charge in [-0.05, 0) is 30.5 Å². The summed E-state index contributed by atoms with van der Waals surface area (Å²) in [6, 6.07) is 6.22. The minimum absolute atomic E-state index is 0.114. The van der Waals surface area contributed by atoms with E-state index in [2.05, 4.69) is 41.5 Å². The summed E-state index contributed by atoms with van der Waals surface area (Å²) in [6.45, 7) is 10.1. The molecule has 0 saturated carbocycles. The molecule has 20 heavy (non-hydrogen) atoms. The van der Waals surface area contributed by atoms with Gasteiger partial charge >= 0.3 is 0 Å². The third-order valence-corrected chi connectivity index (χ3v) is 3.90. The number of rotatable bonds is 5. The molecule has 110 valence electrons. The van der Waals surface area contributed by atoms with E-state index in [9.17, 15) is 4.79 Å². The normalized spacial score (nSPS) is 16.1. The molecule has 1 heterocycles. The number of carbonyl (C=O) groups excluding carboxylic acids is 1. The summed E-state index contributed by atoms with van der Waals surface area (Å²) < 4.78 is 0. The second kappa shape index (κ2) is 7.41. The van der Waals surface area contributed by atoms with E-state index < -0.39 is 0 Å². The van der Waals surface area contributed by atoms with Crippen LogP contribution < -0.4 is 10.6 Å². The zero-order valence-electron chi connectivity index (χ0n) is 12.5. The van der Waals surface area contributed by atoms with Crippen LogP contribution in [0, 0.1) is 13.8 Å². The van der Waals surface area contributed by atoms with Gasteiger partial charge < -0.3 is 10.6 Å². The fraction of sp³-hybridized carbons (Fsp3) is 0.562. The molecule has 1 fully saturated rings. The summed E-state index contributed by atoms with van der Waals surface area (Å²) in [4.78, 5) is 14.3. The molecule has 1 aromatic carbocycles. The minimum atomic E-state index is 0.114. The average Bonchev–Trinajstić information content (AvgIpc) is 2.44. The van der Waals surface area contributed by atoms with Crippen molar-refractivity contribution in [3.63, 3.8) is 0 Å². The Hall–Kier alpha value is -1.39. The van der Waals surface area contributed by atoms with Crippen molar-refractivity contribution in [2.75, 3.05) is 39.3 Å². The first-order valence-electron chi connectivity index (χ1n) is 7.41. The Labute approximate surface area is 121 Å². The molecule has 0 atom stereocenters. The lowest BCUT2D eigenvalue weighted by molar-refractivity contribution is -0.120. The van der Waals surface area contributed by atoms with Crippen LogP contribution in [0.4, 0.5) is 0 Å². The van der Waals surface area contributed by atoms with Crippen LogP contribution in [0.5, 0.6) is 0 Å². The molecule has 0 spiro atoms. The van der Waals surface area contributed by atoms with Gasteiger partial charge in [-0.15, -0.1) is 0 Å². The van der Waals surface area contributed by atoms with Crippen LogP contribution >= 0.6 is 0 Å². The van der Waals surface area contributed by atoms with E-state index in [1.807, 2.05) is 6.07 Å². The molecule has 0 aliphatic carbocycles. The van der Waals surface area contributed by atoms with E-state index in [1.165, 1.54) is 11.1 Å². The zero-order chi connectivity index (χ0) is 14.4. The van der Waals surface area contributed by atoms with Crippen molar-refractivity contribution in [1.82, 2.24) is 15.5 Å². The van der Waals surface area contributed by atoms with Crippen molar-refractivity contribution in [3.05, 3.63) is 34.9 Å². The Balaban J connectivity index is 1.70. The van der Waals surface area contributed by atoms with Crippen molar-refractivity contribution in [2.45, 2.75) is 20.3 Å². The first kappa shape index (κ1) is 15.0. The van der Waals surface area contributed by atoms with E-state index in [0.717, 1.165) is 44.8 Å². The number of benzene rings is 1. The van der Waals surface area contributed by atoms with Crippen LogP contribution in [-0.2, 0) is 11.2 Å². The lowest BCUT2D eigenvalue weighted by Crippen LogP contribution is -2.46. The van der Waals surface area contributed by atoms with Gasteiger partial charge in [0.15, 0.2) is 0 Å². The molecular weight excluding hydrogens is 250 g/mol. The maximum atomic E-state index is 11.9. The van der Waals surface area contributed by atoms with Gasteiger partial charge in [0, 0.05) is 39.3 Å². The third kappa shape index (κ3) is 4.62. The summed E-state index contributed by atoms with van der Waals surface area (Å²) in [5.41, 5.74) is 3.61. The minimum Gasteiger partial charge on any atom is -0.355 e. The first-order valence-corrected chi connectivity index (χ1v) is 7.41. The Morgan fingerprint density at radius 1 is 1.25 bits per heavy atom. The van der Waals surface area contributed by atoms with Crippen molar-refractivity contribution in [1.29, 1.82) is 0 Å². The quantitative estimate of drug-likeness (QED) is 0.838. The van der Waals surface area contributed by atoms with Crippen LogP contribution in [0.1, 0.15) is 16.7 Å². The van der Waals surface area contributed by atoms with Gasteiger partial charge in [-0.3, -0.25) is 9.69 Å². The summed E-state index contributed by atoms with van der Waals surface area (Å²) in [7, 11) is 0. The molecule has 2 N–H and O–H groups in total. The number of hydrogen-bond donors (Lipinski definition) is 2. The predicted molar refractivity (Wildman–Crippen MR) is 81.9 cm³/mol. The molecule has 0 aromatic heterocycles. The Bertz CT molecular complexity index is 453. The molecule has 1 saturated heterocycles. The lowest BCUT2D eigenvalue weighted by atomic mass is 10.0. The standard InChI is InChI=1S/C16H25N3O/c1-13-3-4-15(11-14(13)2)12-16(20)18-7-10-19-8-5-17-6-9-19/h3-4,11,17H,5-10,12H2,1-2H3,(H,18,20). The van der Waals surface area contributed by atoms with Crippen LogP contribution in [0.15, 0.2) is 18.2 Å². The second-order valence-corrected chi connectivity index (χ2v) is 5.54. The topological polar surface area (TPSA) is 44.4 Å². The fourth-order valence-electron chi connectivity index (χ4n) is 2.45. The van der Waals surface area contributed by atoms with Gasteiger partial charge in [-0.1, -0.05) is 18.2 Å². The molecule has 4 heteroatoms. The largest absolute Gasteiger partial charge is 0.355 e. The predicted octanol–water partition coefficient (Wildman–Crippen LogP) is 0.867. The maximum Gasteiger partial charge on any atom is 0.224 e. The lowest BCUT2D eigenvalue weighted by Gasteiger charge is -2.27. The van der Waals surface area contributed by atoms with Crippen molar-refractivity contribution >= 4 is 5.91 Å². The van der Waals surface area contributed by atoms with Gasteiger partial charge in [0.2, 0.25) is 5.91 Å². The van der Waals surface area contributed by atoms with E-state index in [4.69, 9.17) is 0 Å². The monoisotopic (exact) mass is 275 g/mol. The number of aryl methyl sites for hydroxylation is 2. The van der Waals surface area contributed by atoms with Crippen molar-refractivity contribution in [3.8, 4) is 0 Å². The van der Waals surface area contributed by atoms with Gasteiger partial charge in [-0.25, -0.2) is 0 Å². The molecule has 1 aliphatic rings. The summed E-state index contributed by atoms with van der Waals surface area (Å²) in [5.74, 6) is 0.114. The Morgan fingerprint density at radius 2 is 2.00 bits per heavy atom. The molecule has 1 amide bonds. The van der Waals surface area contributed by atoms with Gasteiger partial charge in [0.05, 0.1) is 6.42 Å². The number of nitrogens with one attached hydrogen (secondary N) is 2. The molecule has 2 rings (SSSR count). The maximum absolute atomic E-state index is 11.9. The van der Waals surface area contributed by atoms with Gasteiger partial charge in [0.1, 0.15) is 0 Å². The van der Waals surface area contributed by atoms with E-state index in [1.54, 1.807) is 0 Å². The fourth-order valence-corrected chi connectivity index (χ4v) is 2.45. The Morgan fingerprint density at radius 3 is 2.70 bits per heavy atom. The number of nitrogens with zero attached hydrogens (tertiary/aromatic N) is 1. The molecular formula is C16H25N3O. The van der Waals surface area contributed by atoms with Crippen molar-refractivity contribution in [2.24, 2.45) is 0 Å². The highest BCUT2D eigenvalue weighted by Gasteiger charge is 2.09. The van der Waals surface area contributed by atoms with Gasteiger partial charge in [-0.2, -0.15) is 0 Å². The van der Waals surface area contributed by atoms with E-state index >= 15 is 0 Å². The second-order valence-electron chi connectivity index (χ2n) is 5.54. The third-order valence-electron chi connectivity index (χ3n) is 3.90. The SMILES string of the molecule is Cc1ccc(CC(=O)NCCN2CCNCC2)cc1C. The van der Waals surface area contributed by atoms with Gasteiger partial charge in [0.25, 0.3) is 0 Å². The first-order chi connectivity index (χ1) is 9.65. The highest BCUT2D eigenvalue weighted by Crippen LogP contribution is 2.10. The molecule has 0 bridgehead atoms. The summed E-state index contributed by atoms with van der Waals surface area (Å²) >= 11 is 0. The highest BCUT2D eigenvalue weighted by molar-refractivity contribution is 5.78. The molecule has 4 nitrogen and oxygen atoms in total. The van der Waals surface area contributed by atoms with E-state index in [0.29, 0.717) is 6.42 Å². The Kier molecular flexibility index (Phi) is 5.56. The molecule has 1 aromatic rings. The van der Waals surface area contributed by atoms with E-state index in [-0.39, 0.29) is 5.91 Å². The average molecular weight is 275 g/mol. The van der Waals surface area contributed by atoms with Crippen LogP contribution in [-0.4, -0.2) is 50.1 Å². The van der Waals surface area contributed by atoms with Crippen LogP contribution in [0.3, 0.4) is 0 Å². The molecule has 0 radical (unpaired) electrons. The number of amides is 1. The summed E-state index contributed by atoms with van der Waals surface area (Å²) in [6.07, 6.45) is 0.475. The highest BCUT2D eigenvalue weighted by atomic mass is 16.1. The molecule has 0 unspecified atom stereocenters. The number of carbonyl (C=O) groups is 1. The number of piperazine rings is 1. The zero-order valence-corrected chi connectivity index (χ0v) is 12.5. The number of hydrogen-bond acceptors (Lipinski definition) is 3. The van der Waals surface area contributed by atoms with Crippen molar-refractivity contribution < 1.29 is 4.79 Å². The smallest absolute Gasteiger partial charge is 0.224 e. The summed E-state index contributed by atoms with van der Waals surface area (Å²) in [5, 5.41) is 6.34. The molecule has 1 aliphatic heterocycles. The van der Waals surface area contributed by atoms with Crippen LogP contribution in [0.2, 0.25) is 0 Å². The van der Waals surface area contributed by atoms with Crippen LogP contribution in [0.25, 0.3) is 0 Å².